The second kappa shape index (κ2) is 11.9. The summed E-state index contributed by atoms with van der Waals surface area (Å²) < 4.78 is 10.7. The zero-order valence-electron chi connectivity index (χ0n) is 19.3. The Hall–Kier alpha value is -2.48. The lowest BCUT2D eigenvalue weighted by molar-refractivity contribution is -0.137. The highest BCUT2D eigenvalue weighted by Gasteiger charge is 2.24. The monoisotopic (exact) mass is 441 g/mol. The Balaban J connectivity index is 1.96. The second-order valence-electron chi connectivity index (χ2n) is 8.22. The van der Waals surface area contributed by atoms with Crippen LogP contribution in [-0.2, 0) is 20.9 Å². The molecule has 1 aliphatic heterocycles. The van der Waals surface area contributed by atoms with Crippen molar-refractivity contribution < 1.29 is 19.4 Å². The third kappa shape index (κ3) is 6.28. The molecule has 0 spiro atoms. The smallest absolute Gasteiger partial charge is 0.303 e. The molecular weight excluding hydrogens is 406 g/mol. The van der Waals surface area contributed by atoms with E-state index in [0.717, 1.165) is 61.8 Å². The summed E-state index contributed by atoms with van der Waals surface area (Å²) in [5, 5.41) is 12.9. The molecule has 2 N–H and O–H groups in total. The number of morpholine rings is 1. The maximum absolute atomic E-state index is 11.4. The topological polar surface area (TPSA) is 83.9 Å². The van der Waals surface area contributed by atoms with Crippen molar-refractivity contribution in [2.24, 2.45) is 0 Å². The fraction of sp³-hybridized carbons (Fsp3) is 0.520. The Bertz CT molecular complexity index is 866. The zero-order valence-corrected chi connectivity index (χ0v) is 19.3. The predicted molar refractivity (Wildman–Crippen MR) is 125 cm³/mol. The molecule has 0 aliphatic carbocycles. The molecule has 3 rings (SSSR count). The molecule has 1 aromatic carbocycles. The maximum atomic E-state index is 11.4. The van der Waals surface area contributed by atoms with Crippen molar-refractivity contribution in [3.8, 4) is 0 Å². The fourth-order valence-electron chi connectivity index (χ4n) is 4.39. The van der Waals surface area contributed by atoms with Gasteiger partial charge in [-0.1, -0.05) is 26.0 Å². The number of nitrogens with one attached hydrogen (secondary N) is 1. The number of carboxylic acids is 1. The van der Waals surface area contributed by atoms with Gasteiger partial charge < -0.3 is 19.9 Å². The highest BCUT2D eigenvalue weighted by Crippen LogP contribution is 2.36. The molecule has 174 valence electrons. The Labute approximate surface area is 190 Å². The van der Waals surface area contributed by atoms with E-state index >= 15 is 0 Å². The number of carbonyl (C=O) groups is 1. The quantitative estimate of drug-likeness (QED) is 0.522. The summed E-state index contributed by atoms with van der Waals surface area (Å²) in [5.41, 5.74) is 5.03. The van der Waals surface area contributed by atoms with Crippen LogP contribution in [0.4, 0.5) is 11.4 Å². The third-order valence-corrected chi connectivity index (χ3v) is 6.09. The molecule has 0 saturated carbocycles. The standard InChI is InChI=1S/C25H35N3O4/c1-4-18(15-25(29)30)19-6-9-22(24(5-2)28-10-12-32-13-11-28)23(14-19)27-20-7-8-21(17-31-3)26-16-20/h6-9,14,16,18,24,27H,4-5,10-13,15,17H2,1-3H3,(H,29,30)/t18-,24-/m1/s1. The number of anilines is 2. The molecule has 2 heterocycles. The molecule has 7 nitrogen and oxygen atoms in total. The molecule has 1 aliphatic rings. The summed E-state index contributed by atoms with van der Waals surface area (Å²) in [6, 6.07) is 10.6. The normalized spacial score (nSPS) is 16.5. The SMILES string of the molecule is CC[C@H](CC(=O)O)c1ccc([C@@H](CC)N2CCOCC2)c(Nc2ccc(COC)nc2)c1. The van der Waals surface area contributed by atoms with E-state index in [1.165, 1.54) is 5.56 Å². The number of nitrogens with zero attached hydrogens (tertiary/aromatic N) is 2. The first-order valence-electron chi connectivity index (χ1n) is 11.4. The van der Waals surface area contributed by atoms with Gasteiger partial charge in [0.15, 0.2) is 0 Å². The van der Waals surface area contributed by atoms with Crippen LogP contribution in [0.3, 0.4) is 0 Å². The van der Waals surface area contributed by atoms with Gasteiger partial charge in [-0.25, -0.2) is 0 Å². The van der Waals surface area contributed by atoms with Gasteiger partial charge in [0, 0.05) is 31.9 Å². The van der Waals surface area contributed by atoms with Crippen LogP contribution in [0.5, 0.6) is 0 Å². The van der Waals surface area contributed by atoms with Crippen molar-refractivity contribution in [2.45, 2.75) is 51.7 Å². The summed E-state index contributed by atoms with van der Waals surface area (Å²) >= 11 is 0. The molecule has 0 amide bonds. The first kappa shape index (κ1) is 24.2. The molecule has 0 radical (unpaired) electrons. The molecular formula is C25H35N3O4. The molecule has 0 unspecified atom stereocenters. The number of aliphatic carboxylic acids is 1. The summed E-state index contributed by atoms with van der Waals surface area (Å²) in [6.07, 6.45) is 3.70. The lowest BCUT2D eigenvalue weighted by Crippen LogP contribution is -2.39. The van der Waals surface area contributed by atoms with Crippen LogP contribution in [0, 0.1) is 0 Å². The molecule has 1 aromatic heterocycles. The van der Waals surface area contributed by atoms with Crippen LogP contribution in [0.2, 0.25) is 0 Å². The molecule has 7 heteroatoms. The van der Waals surface area contributed by atoms with Gasteiger partial charge in [-0.05, 0) is 48.1 Å². The number of methoxy groups -OCH3 is 1. The van der Waals surface area contributed by atoms with E-state index in [2.05, 4.69) is 40.3 Å². The lowest BCUT2D eigenvalue weighted by Gasteiger charge is -2.35. The number of rotatable bonds is 11. The van der Waals surface area contributed by atoms with Crippen LogP contribution in [0.15, 0.2) is 36.5 Å². The highest BCUT2D eigenvalue weighted by molar-refractivity contribution is 5.69. The van der Waals surface area contributed by atoms with Crippen molar-refractivity contribution in [1.82, 2.24) is 9.88 Å². The average molecular weight is 442 g/mol. The van der Waals surface area contributed by atoms with Crippen molar-refractivity contribution in [3.05, 3.63) is 53.3 Å². The second-order valence-corrected chi connectivity index (χ2v) is 8.22. The fourth-order valence-corrected chi connectivity index (χ4v) is 4.39. The van der Waals surface area contributed by atoms with Gasteiger partial charge in [-0.2, -0.15) is 0 Å². The average Bonchev–Trinajstić information content (AvgIpc) is 2.81. The summed E-state index contributed by atoms with van der Waals surface area (Å²) in [7, 11) is 1.66. The van der Waals surface area contributed by atoms with Crippen molar-refractivity contribution in [1.29, 1.82) is 0 Å². The minimum atomic E-state index is -0.770. The highest BCUT2D eigenvalue weighted by atomic mass is 16.5. The van der Waals surface area contributed by atoms with Crippen molar-refractivity contribution in [3.63, 3.8) is 0 Å². The first-order chi connectivity index (χ1) is 15.5. The third-order valence-electron chi connectivity index (χ3n) is 6.09. The molecule has 1 fully saturated rings. The lowest BCUT2D eigenvalue weighted by atomic mass is 9.90. The molecule has 0 bridgehead atoms. The number of pyridine rings is 1. The number of carboxylic acid groups (broad SMARTS) is 1. The Morgan fingerprint density at radius 1 is 1.22 bits per heavy atom. The van der Waals surface area contributed by atoms with Gasteiger partial charge in [0.2, 0.25) is 0 Å². The van der Waals surface area contributed by atoms with E-state index in [9.17, 15) is 9.90 Å². The maximum Gasteiger partial charge on any atom is 0.303 e. The van der Waals surface area contributed by atoms with Gasteiger partial charge in [0.05, 0.1) is 43.8 Å². The number of aromatic nitrogens is 1. The van der Waals surface area contributed by atoms with Crippen molar-refractivity contribution >= 4 is 17.3 Å². The van der Waals surface area contributed by atoms with E-state index < -0.39 is 5.97 Å². The van der Waals surface area contributed by atoms with E-state index in [0.29, 0.717) is 6.61 Å². The van der Waals surface area contributed by atoms with E-state index in [1.54, 1.807) is 7.11 Å². The van der Waals surface area contributed by atoms with Crippen LogP contribution in [-0.4, -0.2) is 54.4 Å². The molecule has 2 atom stereocenters. The Morgan fingerprint density at radius 2 is 2.00 bits per heavy atom. The number of hydrogen-bond donors (Lipinski definition) is 2. The van der Waals surface area contributed by atoms with Gasteiger partial charge >= 0.3 is 5.97 Å². The van der Waals surface area contributed by atoms with Crippen LogP contribution < -0.4 is 5.32 Å². The van der Waals surface area contributed by atoms with E-state index in [4.69, 9.17) is 9.47 Å². The Kier molecular flexibility index (Phi) is 9.02. The van der Waals surface area contributed by atoms with Gasteiger partial charge in [0.25, 0.3) is 0 Å². The van der Waals surface area contributed by atoms with E-state index in [-0.39, 0.29) is 18.4 Å². The van der Waals surface area contributed by atoms with Crippen LogP contribution >= 0.6 is 0 Å². The minimum Gasteiger partial charge on any atom is -0.481 e. The summed E-state index contributed by atoms with van der Waals surface area (Å²) in [6.45, 7) is 8.03. The van der Waals surface area contributed by atoms with Gasteiger partial charge in [-0.15, -0.1) is 0 Å². The largest absolute Gasteiger partial charge is 0.481 e. The number of ether oxygens (including phenoxy) is 2. The predicted octanol–water partition coefficient (Wildman–Crippen LogP) is 4.72. The molecule has 32 heavy (non-hydrogen) atoms. The molecule has 1 saturated heterocycles. The Morgan fingerprint density at radius 3 is 2.59 bits per heavy atom. The van der Waals surface area contributed by atoms with Gasteiger partial charge in [-0.3, -0.25) is 14.7 Å². The zero-order chi connectivity index (χ0) is 22.9. The number of hydrogen-bond acceptors (Lipinski definition) is 6. The molecule has 2 aromatic rings. The first-order valence-corrected chi connectivity index (χ1v) is 11.4. The minimum absolute atomic E-state index is 0.0206. The van der Waals surface area contributed by atoms with Crippen molar-refractivity contribution in [2.75, 3.05) is 38.7 Å². The summed E-state index contributed by atoms with van der Waals surface area (Å²) in [4.78, 5) is 18.3. The van der Waals surface area contributed by atoms with E-state index in [1.807, 2.05) is 25.3 Å². The van der Waals surface area contributed by atoms with Gasteiger partial charge in [0.1, 0.15) is 0 Å². The van der Waals surface area contributed by atoms with Crippen LogP contribution in [0.25, 0.3) is 0 Å². The van der Waals surface area contributed by atoms with Crippen LogP contribution in [0.1, 0.15) is 61.9 Å². The summed E-state index contributed by atoms with van der Waals surface area (Å²) in [5.74, 6) is -0.791. The number of benzene rings is 1.